The van der Waals surface area contributed by atoms with Crippen LogP contribution in [0.15, 0.2) is 22.0 Å². The third kappa shape index (κ3) is 3.27. The number of carboxylic acids is 1. The first-order valence-corrected chi connectivity index (χ1v) is 10.3. The topological polar surface area (TPSA) is 94.8 Å². The molecule has 0 amide bonds. The molecule has 1 atom stereocenters. The highest BCUT2D eigenvalue weighted by atomic mass is 32.2. The third-order valence-electron chi connectivity index (χ3n) is 5.40. The molecular formula is C19H22FN3O4S. The summed E-state index contributed by atoms with van der Waals surface area (Å²) in [6.45, 7) is 3.40. The fourth-order valence-electron chi connectivity index (χ4n) is 4.07. The molecule has 0 bridgehead atoms. The minimum absolute atomic E-state index is 0.0892. The molecule has 150 valence electrons. The van der Waals surface area contributed by atoms with Crippen LogP contribution in [0.1, 0.15) is 16.8 Å². The molecule has 1 aromatic heterocycles. The van der Waals surface area contributed by atoms with Crippen molar-refractivity contribution >= 4 is 34.3 Å². The Balaban J connectivity index is 1.73. The van der Waals surface area contributed by atoms with E-state index in [1.54, 1.807) is 6.07 Å². The first-order chi connectivity index (χ1) is 13.5. The average Bonchev–Trinajstić information content (AvgIpc) is 3.31. The number of fused-ring (bicyclic) bond motifs is 3. The number of aromatic carboxylic acids is 1. The zero-order chi connectivity index (χ0) is 19.8. The van der Waals surface area contributed by atoms with Gasteiger partial charge < -0.3 is 25.0 Å². The number of aromatic nitrogens is 1. The van der Waals surface area contributed by atoms with Gasteiger partial charge in [0.1, 0.15) is 11.4 Å². The zero-order valence-electron chi connectivity index (χ0n) is 15.3. The quantitative estimate of drug-likeness (QED) is 0.623. The van der Waals surface area contributed by atoms with Crippen LogP contribution < -0.4 is 15.6 Å². The molecule has 7 nitrogen and oxygen atoms in total. The van der Waals surface area contributed by atoms with Crippen LogP contribution in [0.4, 0.5) is 10.1 Å². The largest absolute Gasteiger partial charge is 0.477 e. The Hall–Kier alpha value is -2.10. The molecule has 0 spiro atoms. The minimum atomic E-state index is -1.27. The summed E-state index contributed by atoms with van der Waals surface area (Å²) >= 11 is 1.35. The maximum Gasteiger partial charge on any atom is 0.342 e. The Labute approximate surface area is 165 Å². The van der Waals surface area contributed by atoms with Crippen LogP contribution in [0.3, 0.4) is 0 Å². The number of halogens is 1. The molecule has 28 heavy (non-hydrogen) atoms. The van der Waals surface area contributed by atoms with Gasteiger partial charge >= 0.3 is 5.97 Å². The maximum atomic E-state index is 14.9. The van der Waals surface area contributed by atoms with E-state index in [9.17, 15) is 19.1 Å². The number of carbonyl (C=O) groups is 1. The number of anilines is 1. The highest BCUT2D eigenvalue weighted by Gasteiger charge is 2.29. The zero-order valence-corrected chi connectivity index (χ0v) is 16.1. The fraction of sp³-hybridized carbons (Fsp3) is 0.474. The monoisotopic (exact) mass is 407 g/mol. The molecule has 0 saturated carbocycles. The smallest absolute Gasteiger partial charge is 0.342 e. The van der Waals surface area contributed by atoms with Crippen LogP contribution in [-0.2, 0) is 6.54 Å². The number of carboxylic acid groups (broad SMARTS) is 1. The fourth-order valence-corrected chi connectivity index (χ4v) is 5.21. The van der Waals surface area contributed by atoms with E-state index in [2.05, 4.69) is 5.32 Å². The van der Waals surface area contributed by atoms with Gasteiger partial charge in [-0.2, -0.15) is 0 Å². The molecule has 2 aromatic rings. The predicted molar refractivity (Wildman–Crippen MR) is 106 cm³/mol. The number of rotatable bonds is 6. The molecule has 1 fully saturated rings. The van der Waals surface area contributed by atoms with Crippen molar-refractivity contribution in [2.45, 2.75) is 18.0 Å². The molecule has 4 rings (SSSR count). The summed E-state index contributed by atoms with van der Waals surface area (Å²) in [5, 5.41) is 22.1. The molecule has 1 unspecified atom stereocenters. The normalized spacial score (nSPS) is 18.8. The van der Waals surface area contributed by atoms with Crippen molar-refractivity contribution in [3.63, 3.8) is 0 Å². The summed E-state index contributed by atoms with van der Waals surface area (Å²) in [6, 6.07) is 2.88. The number of hydrogen-bond donors (Lipinski definition) is 3. The number of nitrogens with one attached hydrogen (secondary N) is 1. The number of pyridine rings is 1. The average molecular weight is 407 g/mol. The standard InChI is InChI=1S/C19H22FN3O4S/c20-13-7-12-14(23-4-6-28-18(23)16(17(12)25)19(26)27)8-15(13)22-3-1-11(10-22)9-21-2-5-24/h7-8,11,21,24H,1-6,9-10H2,(H,26,27). The second kappa shape index (κ2) is 7.73. The molecule has 2 aliphatic rings. The molecule has 9 heteroatoms. The lowest BCUT2D eigenvalue weighted by molar-refractivity contribution is 0.0690. The molecule has 3 heterocycles. The highest BCUT2D eigenvalue weighted by molar-refractivity contribution is 7.99. The second-order valence-electron chi connectivity index (χ2n) is 7.16. The van der Waals surface area contributed by atoms with E-state index in [-0.39, 0.29) is 17.6 Å². The Morgan fingerprint density at radius 1 is 1.36 bits per heavy atom. The van der Waals surface area contributed by atoms with Gasteiger partial charge in [0.25, 0.3) is 0 Å². The van der Waals surface area contributed by atoms with Crippen LogP contribution in [0, 0.1) is 11.7 Å². The highest BCUT2D eigenvalue weighted by Crippen LogP contribution is 2.35. The number of hydrogen-bond acceptors (Lipinski definition) is 6. The van der Waals surface area contributed by atoms with E-state index >= 15 is 0 Å². The lowest BCUT2D eigenvalue weighted by atomic mass is 10.1. The van der Waals surface area contributed by atoms with Crippen molar-refractivity contribution in [3.8, 4) is 0 Å². The van der Waals surface area contributed by atoms with Crippen LogP contribution >= 0.6 is 11.8 Å². The van der Waals surface area contributed by atoms with Gasteiger partial charge in [-0.15, -0.1) is 11.8 Å². The molecule has 3 N–H and O–H groups in total. The van der Waals surface area contributed by atoms with Crippen molar-refractivity contribution in [1.82, 2.24) is 9.88 Å². The maximum absolute atomic E-state index is 14.9. The number of aryl methyl sites for hydroxylation is 1. The van der Waals surface area contributed by atoms with Gasteiger partial charge in [0.15, 0.2) is 0 Å². The number of nitrogens with zero attached hydrogens (tertiary/aromatic N) is 2. The van der Waals surface area contributed by atoms with E-state index in [1.807, 2.05) is 9.47 Å². The van der Waals surface area contributed by atoms with E-state index < -0.39 is 17.2 Å². The molecule has 0 radical (unpaired) electrons. The number of thioether (sulfide) groups is 1. The van der Waals surface area contributed by atoms with Crippen LogP contribution in [-0.4, -0.2) is 59.3 Å². The predicted octanol–water partition coefficient (Wildman–Crippen LogP) is 1.35. The first-order valence-electron chi connectivity index (χ1n) is 9.34. The summed E-state index contributed by atoms with van der Waals surface area (Å²) in [5.41, 5.74) is 0.152. The molecule has 0 aliphatic carbocycles. The summed E-state index contributed by atoms with van der Waals surface area (Å²) < 4.78 is 16.7. The first kappa shape index (κ1) is 19.2. The van der Waals surface area contributed by atoms with Crippen LogP contribution in [0.25, 0.3) is 10.9 Å². The van der Waals surface area contributed by atoms with Crippen LogP contribution in [0.2, 0.25) is 0 Å². The third-order valence-corrected chi connectivity index (χ3v) is 6.49. The molecular weight excluding hydrogens is 385 g/mol. The Morgan fingerprint density at radius 2 is 2.18 bits per heavy atom. The Bertz CT molecular complexity index is 994. The SMILES string of the molecule is O=C(O)c1c2n(c3cc(N4CCC(CNCCO)C4)c(F)cc3c1=O)CCS2. The van der Waals surface area contributed by atoms with Crippen molar-refractivity contribution in [2.24, 2.45) is 5.92 Å². The molecule has 1 saturated heterocycles. The van der Waals surface area contributed by atoms with Crippen LogP contribution in [0.5, 0.6) is 0 Å². The summed E-state index contributed by atoms with van der Waals surface area (Å²) in [6.07, 6.45) is 0.918. The summed E-state index contributed by atoms with van der Waals surface area (Å²) in [7, 11) is 0. The van der Waals surface area contributed by atoms with E-state index in [1.165, 1.54) is 17.8 Å². The summed E-state index contributed by atoms with van der Waals surface area (Å²) in [4.78, 5) is 26.3. The van der Waals surface area contributed by atoms with Crippen molar-refractivity contribution in [3.05, 3.63) is 33.7 Å². The van der Waals surface area contributed by atoms with Crippen molar-refractivity contribution in [1.29, 1.82) is 0 Å². The lowest BCUT2D eigenvalue weighted by Crippen LogP contribution is -2.28. The molecule has 1 aromatic carbocycles. The number of benzene rings is 1. The summed E-state index contributed by atoms with van der Waals surface area (Å²) in [5.74, 6) is -0.725. The van der Waals surface area contributed by atoms with E-state index in [0.717, 1.165) is 13.0 Å². The minimum Gasteiger partial charge on any atom is -0.477 e. The molecule has 2 aliphatic heterocycles. The van der Waals surface area contributed by atoms with Gasteiger partial charge in [0.05, 0.1) is 22.8 Å². The van der Waals surface area contributed by atoms with Gasteiger partial charge in [-0.25, -0.2) is 9.18 Å². The van der Waals surface area contributed by atoms with Gasteiger partial charge in [-0.1, -0.05) is 0 Å². The number of aliphatic hydroxyl groups is 1. The van der Waals surface area contributed by atoms with Gasteiger partial charge in [0.2, 0.25) is 5.43 Å². The Morgan fingerprint density at radius 3 is 2.93 bits per heavy atom. The van der Waals surface area contributed by atoms with Gasteiger partial charge in [-0.05, 0) is 31.0 Å². The number of aliphatic hydroxyl groups excluding tert-OH is 1. The lowest BCUT2D eigenvalue weighted by Gasteiger charge is -2.21. The van der Waals surface area contributed by atoms with E-state index in [0.29, 0.717) is 54.1 Å². The van der Waals surface area contributed by atoms with Gasteiger partial charge in [0, 0.05) is 37.3 Å². The Kier molecular flexibility index (Phi) is 5.31. The van der Waals surface area contributed by atoms with Gasteiger partial charge in [-0.3, -0.25) is 4.79 Å². The second-order valence-corrected chi connectivity index (χ2v) is 8.25. The van der Waals surface area contributed by atoms with Crippen molar-refractivity contribution in [2.75, 3.05) is 43.4 Å². The van der Waals surface area contributed by atoms with Crippen molar-refractivity contribution < 1.29 is 19.4 Å². The van der Waals surface area contributed by atoms with E-state index in [4.69, 9.17) is 5.11 Å².